The molecule has 0 aliphatic heterocycles. The van der Waals surface area contributed by atoms with Gasteiger partial charge in [0.2, 0.25) is 0 Å². The second kappa shape index (κ2) is 3.36. The third-order valence-electron chi connectivity index (χ3n) is 0.401. The predicted octanol–water partition coefficient (Wildman–Crippen LogP) is -0.747. The zero-order valence-corrected chi connectivity index (χ0v) is 3.79. The molecule has 0 saturated carbocycles. The van der Waals surface area contributed by atoms with Crippen LogP contribution in [0, 0.1) is 0 Å². The molecular formula is C4H6NO2. The Balaban J connectivity index is 3.17. The molecule has 0 aliphatic rings. The molecule has 39 valence electrons. The fraction of sp³-hybridized carbons (Fsp3) is 0.250. The molecule has 0 spiro atoms. The van der Waals surface area contributed by atoms with Crippen LogP contribution in [0.2, 0.25) is 0 Å². The van der Waals surface area contributed by atoms with Crippen molar-refractivity contribution in [3.05, 3.63) is 12.7 Å². The third kappa shape index (κ3) is 2.99. The Labute approximate surface area is 41.7 Å². The number of rotatable bonds is 2. The molecule has 0 fully saturated rings. The lowest BCUT2D eigenvalue weighted by Gasteiger charge is -1.85. The minimum atomic E-state index is -0.484. The molecule has 7 heavy (non-hydrogen) atoms. The SMILES string of the molecule is C=CC(=O)[N]CO. The first kappa shape index (κ1) is 6.17. The maximum atomic E-state index is 9.97. The van der Waals surface area contributed by atoms with Crippen molar-refractivity contribution in [3.63, 3.8) is 0 Å². The van der Waals surface area contributed by atoms with E-state index in [4.69, 9.17) is 5.11 Å². The van der Waals surface area contributed by atoms with E-state index >= 15 is 0 Å². The number of nitrogens with zero attached hydrogens (tertiary/aromatic N) is 1. The molecule has 0 aromatic carbocycles. The lowest BCUT2D eigenvalue weighted by molar-refractivity contribution is -0.117. The van der Waals surface area contributed by atoms with Gasteiger partial charge in [0.1, 0.15) is 6.73 Å². The molecule has 0 rings (SSSR count). The van der Waals surface area contributed by atoms with E-state index in [1.165, 1.54) is 0 Å². The second-order valence-corrected chi connectivity index (χ2v) is 0.842. The zero-order valence-electron chi connectivity index (χ0n) is 3.79. The number of carbonyl (C=O) groups excluding carboxylic acids is 1. The summed E-state index contributed by atoms with van der Waals surface area (Å²) < 4.78 is 0. The van der Waals surface area contributed by atoms with Crippen molar-refractivity contribution in [1.29, 1.82) is 0 Å². The van der Waals surface area contributed by atoms with E-state index < -0.39 is 12.6 Å². The van der Waals surface area contributed by atoms with Gasteiger partial charge < -0.3 is 5.11 Å². The van der Waals surface area contributed by atoms with E-state index in [9.17, 15) is 4.79 Å². The number of aliphatic hydroxyl groups is 1. The second-order valence-electron chi connectivity index (χ2n) is 0.842. The van der Waals surface area contributed by atoms with Gasteiger partial charge in [-0.15, -0.1) is 0 Å². The summed E-state index contributed by atoms with van der Waals surface area (Å²) in [7, 11) is 0. The van der Waals surface area contributed by atoms with Crippen molar-refractivity contribution < 1.29 is 9.90 Å². The van der Waals surface area contributed by atoms with Crippen LogP contribution >= 0.6 is 0 Å². The van der Waals surface area contributed by atoms with Gasteiger partial charge in [-0.2, -0.15) is 0 Å². The van der Waals surface area contributed by atoms with Gasteiger partial charge in [0.25, 0.3) is 5.91 Å². The molecule has 0 atom stereocenters. The fourth-order valence-electron chi connectivity index (χ4n) is 0.134. The van der Waals surface area contributed by atoms with Crippen LogP contribution in [0.1, 0.15) is 0 Å². The molecule has 0 heterocycles. The highest BCUT2D eigenvalue weighted by Crippen LogP contribution is 1.63. The minimum Gasteiger partial charge on any atom is -0.374 e. The summed E-state index contributed by atoms with van der Waals surface area (Å²) in [6, 6.07) is 0. The number of carbonyl (C=O) groups is 1. The number of hydrogen-bond donors (Lipinski definition) is 1. The Morgan fingerprint density at radius 3 is 2.71 bits per heavy atom. The van der Waals surface area contributed by atoms with E-state index in [1.807, 2.05) is 0 Å². The normalized spacial score (nSPS) is 7.57. The van der Waals surface area contributed by atoms with Crippen molar-refractivity contribution in [1.82, 2.24) is 5.32 Å². The molecule has 1 N–H and O–H groups in total. The monoisotopic (exact) mass is 100 g/mol. The molecule has 1 amide bonds. The van der Waals surface area contributed by atoms with Crippen molar-refractivity contribution in [3.8, 4) is 0 Å². The summed E-state index contributed by atoms with van der Waals surface area (Å²) in [4.78, 5) is 9.97. The van der Waals surface area contributed by atoms with Gasteiger partial charge in [0.05, 0.1) is 0 Å². The summed E-state index contributed by atoms with van der Waals surface area (Å²) in [6.07, 6.45) is 1.04. The summed E-state index contributed by atoms with van der Waals surface area (Å²) >= 11 is 0. The highest BCUT2D eigenvalue weighted by molar-refractivity contribution is 5.86. The fourth-order valence-corrected chi connectivity index (χ4v) is 0.134. The molecule has 3 nitrogen and oxygen atoms in total. The quantitative estimate of drug-likeness (QED) is 0.464. The van der Waals surface area contributed by atoms with Gasteiger partial charge in [-0.25, -0.2) is 5.32 Å². The largest absolute Gasteiger partial charge is 0.374 e. The van der Waals surface area contributed by atoms with E-state index in [1.54, 1.807) is 0 Å². The Hall–Kier alpha value is -0.830. The number of hydrogen-bond acceptors (Lipinski definition) is 2. The van der Waals surface area contributed by atoms with Gasteiger partial charge in [-0.05, 0) is 6.08 Å². The Morgan fingerprint density at radius 1 is 2.00 bits per heavy atom. The van der Waals surface area contributed by atoms with E-state index in [2.05, 4.69) is 11.9 Å². The van der Waals surface area contributed by atoms with Crippen LogP contribution in [0.4, 0.5) is 0 Å². The van der Waals surface area contributed by atoms with Crippen LogP contribution < -0.4 is 5.32 Å². The van der Waals surface area contributed by atoms with Crippen LogP contribution in [0.15, 0.2) is 12.7 Å². The van der Waals surface area contributed by atoms with Crippen molar-refractivity contribution >= 4 is 5.91 Å². The van der Waals surface area contributed by atoms with Crippen LogP contribution in [0.25, 0.3) is 0 Å². The van der Waals surface area contributed by atoms with Crippen LogP contribution in [0.3, 0.4) is 0 Å². The summed E-state index contributed by atoms with van der Waals surface area (Å²) in [6.45, 7) is 2.67. The Morgan fingerprint density at radius 2 is 2.57 bits per heavy atom. The standard InChI is InChI=1S/C4H6NO2/c1-2-4(7)5-3-6/h2,6H,1,3H2. The first-order valence-electron chi connectivity index (χ1n) is 1.76. The molecular weight excluding hydrogens is 94.0 g/mol. The smallest absolute Gasteiger partial charge is 0.266 e. The molecule has 0 unspecified atom stereocenters. The molecule has 1 radical (unpaired) electrons. The van der Waals surface area contributed by atoms with Crippen LogP contribution in [0.5, 0.6) is 0 Å². The van der Waals surface area contributed by atoms with E-state index in [0.29, 0.717) is 0 Å². The van der Waals surface area contributed by atoms with Crippen molar-refractivity contribution in [2.24, 2.45) is 0 Å². The van der Waals surface area contributed by atoms with Crippen molar-refractivity contribution in [2.45, 2.75) is 0 Å². The molecule has 0 aromatic heterocycles. The number of aliphatic hydroxyl groups excluding tert-OH is 1. The van der Waals surface area contributed by atoms with Gasteiger partial charge in [-0.3, -0.25) is 4.79 Å². The van der Waals surface area contributed by atoms with Crippen LogP contribution in [-0.4, -0.2) is 17.7 Å². The lowest BCUT2D eigenvalue weighted by atomic mass is 10.6. The number of amides is 1. The molecule has 0 aliphatic carbocycles. The summed E-state index contributed by atoms with van der Waals surface area (Å²) in [5.41, 5.74) is 0. The Bertz CT molecular complexity index is 79.8. The van der Waals surface area contributed by atoms with Gasteiger partial charge in [0, 0.05) is 0 Å². The molecule has 0 aromatic rings. The summed E-state index contributed by atoms with van der Waals surface area (Å²) in [5.74, 6) is -0.484. The van der Waals surface area contributed by atoms with Gasteiger partial charge in [-0.1, -0.05) is 6.58 Å². The predicted molar refractivity (Wildman–Crippen MR) is 24.4 cm³/mol. The summed E-state index contributed by atoms with van der Waals surface area (Å²) in [5, 5.41) is 11.0. The highest BCUT2D eigenvalue weighted by Gasteiger charge is 1.88. The van der Waals surface area contributed by atoms with Gasteiger partial charge in [0.15, 0.2) is 0 Å². The van der Waals surface area contributed by atoms with Crippen LogP contribution in [-0.2, 0) is 4.79 Å². The maximum absolute atomic E-state index is 9.97. The minimum absolute atomic E-state index is 0.454. The third-order valence-corrected chi connectivity index (χ3v) is 0.401. The van der Waals surface area contributed by atoms with E-state index in [0.717, 1.165) is 6.08 Å². The molecule has 3 heteroatoms. The van der Waals surface area contributed by atoms with Crippen molar-refractivity contribution in [2.75, 3.05) is 6.73 Å². The molecule has 0 saturated heterocycles. The molecule has 0 bridgehead atoms. The lowest BCUT2D eigenvalue weighted by Crippen LogP contribution is -2.12. The first-order chi connectivity index (χ1) is 3.31. The maximum Gasteiger partial charge on any atom is 0.266 e. The topological polar surface area (TPSA) is 51.4 Å². The van der Waals surface area contributed by atoms with E-state index in [-0.39, 0.29) is 0 Å². The first-order valence-corrected chi connectivity index (χ1v) is 1.76. The average molecular weight is 100 g/mol. The Kier molecular flexibility index (Phi) is 2.96. The zero-order chi connectivity index (χ0) is 5.70. The highest BCUT2D eigenvalue weighted by atomic mass is 16.3. The van der Waals surface area contributed by atoms with Gasteiger partial charge >= 0.3 is 0 Å². The average Bonchev–Trinajstić information content (AvgIpc) is 1.68.